The van der Waals surface area contributed by atoms with E-state index in [1.54, 1.807) is 4.90 Å². The third-order valence-corrected chi connectivity index (χ3v) is 7.69. The van der Waals surface area contributed by atoms with Crippen molar-refractivity contribution in [2.45, 2.75) is 77.4 Å². The first-order chi connectivity index (χ1) is 20.0. The van der Waals surface area contributed by atoms with E-state index in [-0.39, 0.29) is 24.3 Å². The van der Waals surface area contributed by atoms with Gasteiger partial charge in [0, 0.05) is 30.5 Å². The molecule has 0 radical (unpaired) electrons. The van der Waals surface area contributed by atoms with E-state index in [0.717, 1.165) is 42.4 Å². The van der Waals surface area contributed by atoms with E-state index in [9.17, 15) is 9.59 Å². The van der Waals surface area contributed by atoms with Crippen molar-refractivity contribution in [3.63, 3.8) is 0 Å². The van der Waals surface area contributed by atoms with Crippen molar-refractivity contribution in [3.8, 4) is 11.5 Å². The largest absolute Gasteiger partial charge is 0.490 e. The predicted octanol–water partition coefficient (Wildman–Crippen LogP) is 6.77. The van der Waals surface area contributed by atoms with Gasteiger partial charge in [-0.3, -0.25) is 9.59 Å². The van der Waals surface area contributed by atoms with Crippen LogP contribution in [0.2, 0.25) is 5.02 Å². The fourth-order valence-corrected chi connectivity index (χ4v) is 5.61. The van der Waals surface area contributed by atoms with Crippen LogP contribution < -0.4 is 14.8 Å². The smallest absolute Gasteiger partial charge is 0.243 e. The number of hydrogen-bond donors (Lipinski definition) is 1. The van der Waals surface area contributed by atoms with Gasteiger partial charge in [-0.05, 0) is 74.1 Å². The van der Waals surface area contributed by atoms with Crippen molar-refractivity contribution in [1.29, 1.82) is 0 Å². The molecular weight excluding hydrogens is 536 g/mol. The number of benzene rings is 3. The molecule has 0 saturated heterocycles. The number of aryl methyl sites for hydroxylation is 1. The zero-order chi connectivity index (χ0) is 29.0. The molecule has 0 aliphatic heterocycles. The highest BCUT2D eigenvalue weighted by molar-refractivity contribution is 6.30. The van der Waals surface area contributed by atoms with Crippen LogP contribution in [0.5, 0.6) is 11.5 Å². The molecule has 1 fully saturated rings. The van der Waals surface area contributed by atoms with Crippen molar-refractivity contribution < 1.29 is 19.1 Å². The minimum atomic E-state index is -0.649. The first kappa shape index (κ1) is 30.4. The van der Waals surface area contributed by atoms with Gasteiger partial charge in [-0.1, -0.05) is 73.0 Å². The van der Waals surface area contributed by atoms with Gasteiger partial charge in [-0.2, -0.15) is 0 Å². The molecule has 1 atom stereocenters. The Balaban J connectivity index is 1.60. The van der Waals surface area contributed by atoms with Gasteiger partial charge in [0.25, 0.3) is 0 Å². The molecule has 1 N–H and O–H groups in total. The number of ether oxygens (including phenoxy) is 2. The number of hydrogen-bond acceptors (Lipinski definition) is 4. The fourth-order valence-electron chi connectivity index (χ4n) is 5.40. The van der Waals surface area contributed by atoms with Gasteiger partial charge in [-0.25, -0.2) is 0 Å². The number of carbonyl (C=O) groups excluding carboxylic acids is 2. The summed E-state index contributed by atoms with van der Waals surface area (Å²) in [5, 5.41) is 3.86. The minimum absolute atomic E-state index is 0.0840. The van der Waals surface area contributed by atoms with Crippen LogP contribution in [0.3, 0.4) is 0 Å². The van der Waals surface area contributed by atoms with E-state index in [1.807, 2.05) is 86.6 Å². The summed E-state index contributed by atoms with van der Waals surface area (Å²) in [6.45, 7) is 5.23. The monoisotopic (exact) mass is 576 g/mol. The van der Waals surface area contributed by atoms with Crippen LogP contribution in [0.15, 0.2) is 72.8 Å². The maximum atomic E-state index is 14.0. The van der Waals surface area contributed by atoms with Gasteiger partial charge in [0.2, 0.25) is 11.8 Å². The summed E-state index contributed by atoms with van der Waals surface area (Å²) in [5.74, 6) is 1.18. The zero-order valence-electron chi connectivity index (χ0n) is 24.1. The lowest BCUT2D eigenvalue weighted by molar-refractivity contribution is -0.141. The molecule has 6 nitrogen and oxygen atoms in total. The molecule has 2 amide bonds. The molecule has 1 aliphatic carbocycles. The summed E-state index contributed by atoms with van der Waals surface area (Å²) < 4.78 is 11.5. The van der Waals surface area contributed by atoms with Crippen LogP contribution >= 0.6 is 11.6 Å². The second-order valence-corrected chi connectivity index (χ2v) is 10.9. The van der Waals surface area contributed by atoms with E-state index in [0.29, 0.717) is 49.1 Å². The lowest BCUT2D eigenvalue weighted by atomic mass is 10.0. The molecular formula is C34H41ClN2O4. The van der Waals surface area contributed by atoms with Crippen LogP contribution in [-0.4, -0.2) is 42.0 Å². The van der Waals surface area contributed by atoms with Crippen molar-refractivity contribution >= 4 is 23.4 Å². The Morgan fingerprint density at radius 2 is 1.59 bits per heavy atom. The molecule has 0 aromatic heterocycles. The lowest BCUT2D eigenvalue weighted by Gasteiger charge is -2.32. The highest BCUT2D eigenvalue weighted by atomic mass is 35.5. The SMILES string of the molecule is CCOc1ccc(CCC(=O)N(Cc2cccc(Cl)c2)[C@H](Cc2ccccc2)C(=O)NC2CCCC2)cc1OCC. The minimum Gasteiger partial charge on any atom is -0.490 e. The van der Waals surface area contributed by atoms with Gasteiger partial charge in [0.15, 0.2) is 11.5 Å². The quantitative estimate of drug-likeness (QED) is 0.230. The second-order valence-electron chi connectivity index (χ2n) is 10.5. The molecule has 0 spiro atoms. The topological polar surface area (TPSA) is 67.9 Å². The summed E-state index contributed by atoms with van der Waals surface area (Å²) in [4.78, 5) is 29.6. The van der Waals surface area contributed by atoms with E-state index in [1.165, 1.54) is 0 Å². The van der Waals surface area contributed by atoms with Crippen LogP contribution in [0.1, 0.15) is 62.6 Å². The number of nitrogens with zero attached hydrogens (tertiary/aromatic N) is 1. The van der Waals surface area contributed by atoms with Crippen molar-refractivity contribution in [3.05, 3.63) is 94.5 Å². The standard InChI is InChI=1S/C34H41ClN2O4/c1-3-40-31-19-17-26(23-32(31)41-4-2)18-20-33(38)37(24-27-13-10-14-28(35)21-27)30(22-25-11-6-5-7-12-25)34(39)36-29-15-8-9-16-29/h5-7,10-14,17,19,21,23,29-30H,3-4,8-9,15-16,18,20,22,24H2,1-2H3,(H,36,39)/t30-/m1/s1. The molecule has 1 saturated carbocycles. The third-order valence-electron chi connectivity index (χ3n) is 7.45. The molecule has 7 heteroatoms. The molecule has 0 unspecified atom stereocenters. The van der Waals surface area contributed by atoms with Gasteiger partial charge < -0.3 is 19.7 Å². The number of carbonyl (C=O) groups is 2. The normalized spacial score (nSPS) is 13.9. The maximum absolute atomic E-state index is 14.0. The average Bonchev–Trinajstić information content (AvgIpc) is 3.48. The van der Waals surface area contributed by atoms with Crippen molar-refractivity contribution in [2.75, 3.05) is 13.2 Å². The van der Waals surface area contributed by atoms with E-state index >= 15 is 0 Å². The number of rotatable bonds is 14. The van der Waals surface area contributed by atoms with Crippen LogP contribution in [-0.2, 0) is 29.0 Å². The van der Waals surface area contributed by atoms with E-state index < -0.39 is 6.04 Å². The van der Waals surface area contributed by atoms with Crippen molar-refractivity contribution in [1.82, 2.24) is 10.2 Å². The Kier molecular flexibility index (Phi) is 11.5. The van der Waals surface area contributed by atoms with Crippen LogP contribution in [0.4, 0.5) is 0 Å². The first-order valence-electron chi connectivity index (χ1n) is 14.7. The molecule has 0 heterocycles. The van der Waals surface area contributed by atoms with Crippen LogP contribution in [0.25, 0.3) is 0 Å². The summed E-state index contributed by atoms with van der Waals surface area (Å²) in [6.07, 6.45) is 5.39. The van der Waals surface area contributed by atoms with Crippen LogP contribution in [0, 0.1) is 0 Å². The fraction of sp³-hybridized carbons (Fsp3) is 0.412. The molecule has 41 heavy (non-hydrogen) atoms. The summed E-state index contributed by atoms with van der Waals surface area (Å²) in [7, 11) is 0. The maximum Gasteiger partial charge on any atom is 0.243 e. The molecule has 218 valence electrons. The highest BCUT2D eigenvalue weighted by Crippen LogP contribution is 2.29. The molecule has 4 rings (SSSR count). The first-order valence-corrected chi connectivity index (χ1v) is 15.1. The molecule has 3 aromatic rings. The molecule has 1 aliphatic rings. The van der Waals surface area contributed by atoms with Gasteiger partial charge >= 0.3 is 0 Å². The molecule has 3 aromatic carbocycles. The number of halogens is 1. The Bertz CT molecular complexity index is 1280. The Morgan fingerprint density at radius 3 is 2.29 bits per heavy atom. The number of amides is 2. The summed E-state index contributed by atoms with van der Waals surface area (Å²) in [6, 6.07) is 22.7. The van der Waals surface area contributed by atoms with Gasteiger partial charge in [0.1, 0.15) is 6.04 Å². The predicted molar refractivity (Wildman–Crippen MR) is 163 cm³/mol. The Labute approximate surface area is 249 Å². The average molecular weight is 577 g/mol. The Hall–Kier alpha value is -3.51. The Morgan fingerprint density at radius 1 is 0.878 bits per heavy atom. The van der Waals surface area contributed by atoms with Gasteiger partial charge in [0.05, 0.1) is 13.2 Å². The highest BCUT2D eigenvalue weighted by Gasteiger charge is 2.32. The van der Waals surface area contributed by atoms with E-state index in [4.69, 9.17) is 21.1 Å². The third kappa shape index (κ3) is 8.99. The summed E-state index contributed by atoms with van der Waals surface area (Å²) >= 11 is 6.31. The lowest BCUT2D eigenvalue weighted by Crippen LogP contribution is -2.52. The number of nitrogens with one attached hydrogen (secondary N) is 1. The van der Waals surface area contributed by atoms with Crippen molar-refractivity contribution in [2.24, 2.45) is 0 Å². The zero-order valence-corrected chi connectivity index (χ0v) is 24.9. The summed E-state index contributed by atoms with van der Waals surface area (Å²) in [5.41, 5.74) is 2.87. The van der Waals surface area contributed by atoms with E-state index in [2.05, 4.69) is 5.32 Å². The second kappa shape index (κ2) is 15.5. The van der Waals surface area contributed by atoms with Gasteiger partial charge in [-0.15, -0.1) is 0 Å². The molecule has 0 bridgehead atoms.